The van der Waals surface area contributed by atoms with Crippen LogP contribution in [-0.4, -0.2) is 217 Å². The molecular weight excluding hydrogens is 636 g/mol. The predicted octanol–water partition coefficient (Wildman–Crippen LogP) is -8.73. The summed E-state index contributed by atoms with van der Waals surface area (Å²) in [4.78, 5) is 0. The van der Waals surface area contributed by atoms with Crippen LogP contribution in [0.3, 0.4) is 0 Å². The van der Waals surface area contributed by atoms with Gasteiger partial charge in [-0.2, -0.15) is 0 Å². The molecule has 0 aromatic heterocycles. The van der Waals surface area contributed by atoms with Crippen LogP contribution in [0.25, 0.3) is 0 Å². The Labute approximate surface area is 260 Å². The van der Waals surface area contributed by atoms with Gasteiger partial charge in [0.25, 0.3) is 0 Å². The topological polar surface area (TPSA) is 326 Å². The molecule has 46 heavy (non-hydrogen) atoms. The zero-order valence-electron chi connectivity index (χ0n) is 24.1. The highest BCUT2D eigenvalue weighted by atomic mass is 16.8. The molecule has 5 saturated heterocycles. The molecule has 21 heteroatoms. The lowest BCUT2D eigenvalue weighted by atomic mass is 10.0. The van der Waals surface area contributed by atoms with Crippen LogP contribution in [0.1, 0.15) is 0 Å². The Kier molecular flexibility index (Phi) is 12.2. The van der Waals surface area contributed by atoms with E-state index in [1.165, 1.54) is 0 Å². The van der Waals surface area contributed by atoms with E-state index in [1.54, 1.807) is 0 Å². The molecule has 5 fully saturated rings. The second-order valence-corrected chi connectivity index (χ2v) is 11.7. The maximum absolute atomic E-state index is 11.3. The zero-order chi connectivity index (χ0) is 33.4. The van der Waals surface area contributed by atoms with E-state index in [9.17, 15) is 61.3 Å². The van der Waals surface area contributed by atoms with Crippen molar-refractivity contribution in [3.63, 3.8) is 0 Å². The van der Waals surface area contributed by atoms with Crippen LogP contribution in [0.2, 0.25) is 0 Å². The highest BCUT2D eigenvalue weighted by molar-refractivity contribution is 4.94. The highest BCUT2D eigenvalue weighted by Crippen LogP contribution is 2.32. The molecule has 21 nitrogen and oxygen atoms in total. The van der Waals surface area contributed by atoms with Gasteiger partial charge in [0.15, 0.2) is 31.5 Å². The second kappa shape index (κ2) is 15.4. The van der Waals surface area contributed by atoms with Crippen molar-refractivity contribution in [2.75, 3.05) is 33.0 Å². The number of hydrogen-bond acceptors (Lipinski definition) is 21. The Balaban J connectivity index is 1.24. The molecule has 0 saturated carbocycles. The lowest BCUT2D eigenvalue weighted by Gasteiger charge is -2.45. The van der Waals surface area contributed by atoms with Gasteiger partial charge in [-0.3, -0.25) is 0 Å². The fraction of sp³-hybridized carbons (Fsp3) is 1.00. The molecule has 0 bridgehead atoms. The third kappa shape index (κ3) is 7.50. The van der Waals surface area contributed by atoms with Gasteiger partial charge in [-0.25, -0.2) is 0 Å². The Bertz CT molecular complexity index is 965. The van der Waals surface area contributed by atoms with Gasteiger partial charge in [0.1, 0.15) is 91.6 Å². The first-order chi connectivity index (χ1) is 21.8. The average Bonchev–Trinajstić information content (AvgIpc) is 3.31. The molecule has 0 radical (unpaired) electrons. The van der Waals surface area contributed by atoms with Gasteiger partial charge < -0.3 is 104 Å². The summed E-state index contributed by atoms with van der Waals surface area (Å²) in [6, 6.07) is 0. The summed E-state index contributed by atoms with van der Waals surface area (Å²) < 4.78 is 49.1. The highest BCUT2D eigenvalue weighted by Gasteiger charge is 2.52. The molecule has 5 aliphatic heterocycles. The monoisotopic (exact) mass is 678 g/mol. The molecule has 12 N–H and O–H groups in total. The molecule has 5 heterocycles. The standard InChI is InChI=1S/C25H42O21/c26-1-7-12(29)18(35)25(42-7)46-20-10(45-22-16(33)11(28)6(27)2-39-22)5-41-24(19(20)36)44-9-4-40-23(17(34)14(9)31)43-8-3-38-21(37)15(32)13(8)30/h6-37H,1-5H2. The van der Waals surface area contributed by atoms with Gasteiger partial charge >= 0.3 is 0 Å². The molecule has 5 rings (SSSR count). The smallest absolute Gasteiger partial charge is 0.187 e. The van der Waals surface area contributed by atoms with E-state index >= 15 is 0 Å². The van der Waals surface area contributed by atoms with Gasteiger partial charge in [0.2, 0.25) is 0 Å². The van der Waals surface area contributed by atoms with Crippen LogP contribution in [0.4, 0.5) is 0 Å². The number of aliphatic hydroxyl groups is 12. The van der Waals surface area contributed by atoms with Gasteiger partial charge in [-0.05, 0) is 0 Å². The molecule has 20 atom stereocenters. The van der Waals surface area contributed by atoms with Crippen LogP contribution in [0.5, 0.6) is 0 Å². The average molecular weight is 679 g/mol. The Morgan fingerprint density at radius 3 is 1.52 bits per heavy atom. The van der Waals surface area contributed by atoms with Crippen molar-refractivity contribution in [2.24, 2.45) is 0 Å². The Morgan fingerprint density at radius 2 is 0.913 bits per heavy atom. The van der Waals surface area contributed by atoms with Crippen LogP contribution in [-0.2, 0) is 42.6 Å². The summed E-state index contributed by atoms with van der Waals surface area (Å²) in [7, 11) is 0. The molecule has 5 aliphatic rings. The first-order valence-corrected chi connectivity index (χ1v) is 14.7. The fourth-order valence-electron chi connectivity index (χ4n) is 5.62. The summed E-state index contributed by atoms with van der Waals surface area (Å²) in [6.45, 7) is -2.37. The summed E-state index contributed by atoms with van der Waals surface area (Å²) in [5.41, 5.74) is 0. The number of hydrogen-bond donors (Lipinski definition) is 12. The first kappa shape index (κ1) is 36.4. The van der Waals surface area contributed by atoms with Crippen LogP contribution in [0, 0.1) is 0 Å². The van der Waals surface area contributed by atoms with E-state index in [0.29, 0.717) is 0 Å². The molecule has 20 unspecified atom stereocenters. The van der Waals surface area contributed by atoms with Crippen LogP contribution >= 0.6 is 0 Å². The SMILES string of the molecule is OCC1OC(OC2C(OC3OCC(O)C(O)C3O)COC(OC3COC(OC4COC(O)C(O)C4O)C(O)C3O)C2O)C(O)C1O. The zero-order valence-corrected chi connectivity index (χ0v) is 24.1. The van der Waals surface area contributed by atoms with E-state index in [2.05, 4.69) is 0 Å². The molecule has 0 aromatic rings. The maximum Gasteiger partial charge on any atom is 0.187 e. The van der Waals surface area contributed by atoms with Gasteiger partial charge in [-0.15, -0.1) is 0 Å². The van der Waals surface area contributed by atoms with E-state index in [0.717, 1.165) is 0 Å². The third-order valence-corrected chi connectivity index (χ3v) is 8.47. The van der Waals surface area contributed by atoms with Crippen molar-refractivity contribution in [1.82, 2.24) is 0 Å². The summed E-state index contributed by atoms with van der Waals surface area (Å²) in [5, 5.41) is 122. The molecular formula is C25H42O21. The summed E-state index contributed by atoms with van der Waals surface area (Å²) in [5.74, 6) is 0. The van der Waals surface area contributed by atoms with Crippen molar-refractivity contribution in [3.8, 4) is 0 Å². The van der Waals surface area contributed by atoms with Crippen LogP contribution < -0.4 is 0 Å². The lowest BCUT2D eigenvalue weighted by Crippen LogP contribution is -2.63. The number of rotatable bonds is 9. The molecule has 0 aliphatic carbocycles. The molecule has 0 aromatic carbocycles. The van der Waals surface area contributed by atoms with Gasteiger partial charge in [0, 0.05) is 0 Å². The van der Waals surface area contributed by atoms with Crippen molar-refractivity contribution in [1.29, 1.82) is 0 Å². The Morgan fingerprint density at radius 1 is 0.435 bits per heavy atom. The quantitative estimate of drug-likeness (QED) is 0.108. The van der Waals surface area contributed by atoms with Gasteiger partial charge in [0.05, 0.1) is 33.0 Å². The number of aliphatic hydroxyl groups excluding tert-OH is 12. The normalized spacial score (nSPS) is 53.7. The predicted molar refractivity (Wildman–Crippen MR) is 136 cm³/mol. The van der Waals surface area contributed by atoms with E-state index < -0.39 is 149 Å². The van der Waals surface area contributed by atoms with E-state index in [-0.39, 0.29) is 6.61 Å². The number of ether oxygens (including phenoxy) is 9. The van der Waals surface area contributed by atoms with E-state index in [1.807, 2.05) is 0 Å². The summed E-state index contributed by atoms with van der Waals surface area (Å²) >= 11 is 0. The molecule has 0 amide bonds. The van der Waals surface area contributed by atoms with Crippen LogP contribution in [0.15, 0.2) is 0 Å². The minimum absolute atomic E-state index is 0.368. The third-order valence-electron chi connectivity index (χ3n) is 8.47. The van der Waals surface area contributed by atoms with Crippen molar-refractivity contribution in [2.45, 2.75) is 123 Å². The van der Waals surface area contributed by atoms with Crippen molar-refractivity contribution in [3.05, 3.63) is 0 Å². The minimum Gasteiger partial charge on any atom is -0.394 e. The molecule has 268 valence electrons. The second-order valence-electron chi connectivity index (χ2n) is 11.7. The van der Waals surface area contributed by atoms with Gasteiger partial charge in [-0.1, -0.05) is 0 Å². The first-order valence-electron chi connectivity index (χ1n) is 14.7. The largest absolute Gasteiger partial charge is 0.394 e. The lowest BCUT2D eigenvalue weighted by molar-refractivity contribution is -0.367. The van der Waals surface area contributed by atoms with Crippen molar-refractivity contribution >= 4 is 0 Å². The maximum atomic E-state index is 11.3. The minimum atomic E-state index is -1.82. The summed E-state index contributed by atoms with van der Waals surface area (Å²) in [6.07, 6.45) is -31.3. The van der Waals surface area contributed by atoms with E-state index in [4.69, 9.17) is 42.6 Å². The fourth-order valence-corrected chi connectivity index (χ4v) is 5.62. The molecule has 0 spiro atoms. The Hall–Kier alpha value is -0.840. The van der Waals surface area contributed by atoms with Crippen molar-refractivity contribution < 1.29 is 104 Å².